The molecule has 0 spiro atoms. The SMILES string of the molecule is CCCCCCCCCCCCCCCCCC(=O)O[C@H]1CC[C@@]2(C)C(=CC[C@H]3[C@@H]4CC[C@H]([C@H](C)CCCC(C)C)[C@@]4(C)CC[C@@H]32)C1.[MgH2]. The standard InChI is InChI=1S/C45H80O2.Mg.2H/c1-7-8-9-10-11-12-13-14-15-16-17-18-19-20-21-25-43(46)47-38-30-32-44(5)37(34-38)26-27-39-41-29-28-40(36(4)24-22-23-35(2)3)45(41,6)33-31-42(39)44;;;/h26,35-36,38-42H,7-25,27-34H2,1-6H3;;;/t36-,38+,39+,40-,41+,42+,44+,45-;;;/m1.../s1. The fourth-order valence-corrected chi connectivity index (χ4v) is 11.6. The van der Waals surface area contributed by atoms with Gasteiger partial charge in [-0.3, -0.25) is 4.79 Å². The van der Waals surface area contributed by atoms with E-state index in [2.05, 4.69) is 47.6 Å². The second-order valence-corrected chi connectivity index (χ2v) is 18.3. The lowest BCUT2D eigenvalue weighted by Gasteiger charge is -2.58. The smallest absolute Gasteiger partial charge is 0.316 e. The average molecular weight is 679 g/mol. The summed E-state index contributed by atoms with van der Waals surface area (Å²) >= 11 is 0. The number of carbonyl (C=O) groups is 1. The molecular formula is C45H82MgO2. The molecule has 276 valence electrons. The van der Waals surface area contributed by atoms with Gasteiger partial charge in [-0.25, -0.2) is 0 Å². The molecule has 0 unspecified atom stereocenters. The number of hydrogen-bond acceptors (Lipinski definition) is 2. The van der Waals surface area contributed by atoms with Crippen LogP contribution in [0.3, 0.4) is 0 Å². The molecule has 2 nitrogen and oxygen atoms in total. The van der Waals surface area contributed by atoms with Crippen molar-refractivity contribution in [2.45, 2.75) is 221 Å². The van der Waals surface area contributed by atoms with E-state index in [4.69, 9.17) is 4.74 Å². The second kappa shape index (κ2) is 21.5. The maximum absolute atomic E-state index is 12.8. The average Bonchev–Trinajstić information content (AvgIpc) is 3.40. The molecule has 4 aliphatic carbocycles. The molecule has 4 rings (SSSR count). The van der Waals surface area contributed by atoms with E-state index in [0.29, 0.717) is 17.3 Å². The minimum atomic E-state index is 0. The third-order valence-corrected chi connectivity index (χ3v) is 14.5. The Balaban J connectivity index is 0.00000625. The van der Waals surface area contributed by atoms with Gasteiger partial charge in [-0.05, 0) is 97.7 Å². The molecule has 0 aromatic carbocycles. The first kappa shape index (κ1) is 42.4. The third kappa shape index (κ3) is 11.7. The summed E-state index contributed by atoms with van der Waals surface area (Å²) in [6, 6.07) is 0. The van der Waals surface area contributed by atoms with Crippen LogP contribution in [0.2, 0.25) is 0 Å². The Morgan fingerprint density at radius 1 is 0.750 bits per heavy atom. The molecule has 0 N–H and O–H groups in total. The summed E-state index contributed by atoms with van der Waals surface area (Å²) in [5.41, 5.74) is 2.54. The molecule has 3 fully saturated rings. The fraction of sp³-hybridized carbons (Fsp3) is 0.933. The highest BCUT2D eigenvalue weighted by molar-refractivity contribution is 5.75. The maximum atomic E-state index is 12.8. The summed E-state index contributed by atoms with van der Waals surface area (Å²) in [7, 11) is 0. The monoisotopic (exact) mass is 679 g/mol. The second-order valence-electron chi connectivity index (χ2n) is 18.3. The van der Waals surface area contributed by atoms with Gasteiger partial charge in [0.25, 0.3) is 0 Å². The largest absolute Gasteiger partial charge is 0.462 e. The lowest BCUT2D eigenvalue weighted by atomic mass is 9.47. The number of allylic oxidation sites excluding steroid dienone is 1. The zero-order valence-electron chi connectivity index (χ0n) is 32.5. The predicted octanol–water partition coefficient (Wildman–Crippen LogP) is 13.3. The fourth-order valence-electron chi connectivity index (χ4n) is 11.6. The van der Waals surface area contributed by atoms with Crippen LogP contribution in [0, 0.1) is 46.3 Å². The van der Waals surface area contributed by atoms with Crippen molar-refractivity contribution in [2.24, 2.45) is 46.3 Å². The van der Waals surface area contributed by atoms with E-state index in [9.17, 15) is 4.79 Å². The van der Waals surface area contributed by atoms with Gasteiger partial charge in [0.1, 0.15) is 6.10 Å². The lowest BCUT2D eigenvalue weighted by Crippen LogP contribution is -2.51. The van der Waals surface area contributed by atoms with Crippen LogP contribution in [0.4, 0.5) is 0 Å². The Kier molecular flexibility index (Phi) is 19.0. The third-order valence-electron chi connectivity index (χ3n) is 14.5. The van der Waals surface area contributed by atoms with Crippen LogP contribution in [0.5, 0.6) is 0 Å². The first-order valence-electron chi connectivity index (χ1n) is 21.6. The predicted molar refractivity (Wildman–Crippen MR) is 211 cm³/mol. The Morgan fingerprint density at radius 3 is 1.96 bits per heavy atom. The van der Waals surface area contributed by atoms with E-state index in [0.717, 1.165) is 54.8 Å². The molecule has 0 heterocycles. The molecule has 3 heteroatoms. The van der Waals surface area contributed by atoms with Gasteiger partial charge in [0, 0.05) is 12.8 Å². The number of esters is 1. The highest BCUT2D eigenvalue weighted by atomic mass is 24.3. The van der Waals surface area contributed by atoms with Crippen LogP contribution in [0.25, 0.3) is 0 Å². The van der Waals surface area contributed by atoms with Crippen molar-refractivity contribution >= 4 is 29.0 Å². The number of rotatable bonds is 22. The van der Waals surface area contributed by atoms with Gasteiger partial charge in [-0.1, -0.05) is 162 Å². The van der Waals surface area contributed by atoms with Crippen LogP contribution in [0.15, 0.2) is 11.6 Å². The van der Waals surface area contributed by atoms with Crippen LogP contribution < -0.4 is 0 Å². The van der Waals surface area contributed by atoms with Gasteiger partial charge in [-0.15, -0.1) is 0 Å². The molecule has 0 amide bonds. The highest BCUT2D eigenvalue weighted by Crippen LogP contribution is 2.67. The summed E-state index contributed by atoms with van der Waals surface area (Å²) in [4.78, 5) is 12.8. The minimum absolute atomic E-state index is 0. The summed E-state index contributed by atoms with van der Waals surface area (Å²) in [5.74, 6) is 5.34. The van der Waals surface area contributed by atoms with Crippen LogP contribution in [-0.2, 0) is 9.53 Å². The normalized spacial score (nSPS) is 31.7. The number of fused-ring (bicyclic) bond motifs is 5. The van der Waals surface area contributed by atoms with Gasteiger partial charge >= 0.3 is 29.0 Å². The summed E-state index contributed by atoms with van der Waals surface area (Å²) in [6.45, 7) is 15.0. The lowest BCUT2D eigenvalue weighted by molar-refractivity contribution is -0.151. The minimum Gasteiger partial charge on any atom is -0.462 e. The van der Waals surface area contributed by atoms with E-state index in [1.54, 1.807) is 5.57 Å². The molecule has 0 aromatic rings. The zero-order valence-corrected chi connectivity index (χ0v) is 32.5. The molecule has 0 aliphatic heterocycles. The van der Waals surface area contributed by atoms with Crippen molar-refractivity contribution in [3.63, 3.8) is 0 Å². The van der Waals surface area contributed by atoms with E-state index in [1.807, 2.05) is 0 Å². The first-order valence-corrected chi connectivity index (χ1v) is 21.6. The van der Waals surface area contributed by atoms with E-state index in [1.165, 1.54) is 148 Å². The molecular weight excluding hydrogens is 597 g/mol. The van der Waals surface area contributed by atoms with Crippen molar-refractivity contribution in [3.8, 4) is 0 Å². The highest BCUT2D eigenvalue weighted by Gasteiger charge is 2.59. The number of unbranched alkanes of at least 4 members (excludes halogenated alkanes) is 14. The molecule has 4 aliphatic rings. The van der Waals surface area contributed by atoms with E-state index in [-0.39, 0.29) is 35.1 Å². The summed E-state index contributed by atoms with van der Waals surface area (Å²) in [6.07, 6.45) is 38.4. The van der Waals surface area contributed by atoms with Gasteiger partial charge in [0.15, 0.2) is 0 Å². The Bertz CT molecular complexity index is 941. The molecule has 3 saturated carbocycles. The molecule has 0 saturated heterocycles. The zero-order chi connectivity index (χ0) is 33.7. The Morgan fingerprint density at radius 2 is 1.35 bits per heavy atom. The number of carbonyl (C=O) groups excluding carboxylic acids is 1. The van der Waals surface area contributed by atoms with Crippen molar-refractivity contribution < 1.29 is 9.53 Å². The Hall–Kier alpha value is -0.0238. The van der Waals surface area contributed by atoms with Crippen LogP contribution in [0.1, 0.15) is 215 Å². The van der Waals surface area contributed by atoms with Crippen LogP contribution >= 0.6 is 0 Å². The quantitative estimate of drug-likeness (QED) is 0.0493. The van der Waals surface area contributed by atoms with E-state index >= 15 is 0 Å². The Labute approximate surface area is 316 Å². The van der Waals surface area contributed by atoms with E-state index < -0.39 is 0 Å². The molecule has 8 atom stereocenters. The summed E-state index contributed by atoms with van der Waals surface area (Å²) < 4.78 is 6.13. The van der Waals surface area contributed by atoms with Gasteiger partial charge in [0.2, 0.25) is 0 Å². The van der Waals surface area contributed by atoms with Gasteiger partial charge < -0.3 is 4.74 Å². The molecule has 0 radical (unpaired) electrons. The molecule has 48 heavy (non-hydrogen) atoms. The number of hydrogen-bond donors (Lipinski definition) is 0. The molecule has 0 aromatic heterocycles. The summed E-state index contributed by atoms with van der Waals surface area (Å²) in [5, 5.41) is 0. The maximum Gasteiger partial charge on any atom is 0.316 e. The number of ether oxygens (including phenoxy) is 1. The first-order chi connectivity index (χ1) is 22.7. The molecule has 0 bridgehead atoms. The topological polar surface area (TPSA) is 26.3 Å². The van der Waals surface area contributed by atoms with Crippen LogP contribution in [-0.4, -0.2) is 35.1 Å². The van der Waals surface area contributed by atoms with Crippen molar-refractivity contribution in [2.75, 3.05) is 0 Å². The van der Waals surface area contributed by atoms with Crippen molar-refractivity contribution in [1.29, 1.82) is 0 Å². The van der Waals surface area contributed by atoms with Crippen molar-refractivity contribution in [1.82, 2.24) is 0 Å². The van der Waals surface area contributed by atoms with Gasteiger partial charge in [-0.2, -0.15) is 0 Å². The van der Waals surface area contributed by atoms with Crippen molar-refractivity contribution in [3.05, 3.63) is 11.6 Å². The van der Waals surface area contributed by atoms with Gasteiger partial charge in [0.05, 0.1) is 0 Å².